The van der Waals surface area contributed by atoms with E-state index in [1.54, 1.807) is 7.11 Å². The lowest BCUT2D eigenvalue weighted by Gasteiger charge is -2.32. The van der Waals surface area contributed by atoms with Crippen LogP contribution in [-0.4, -0.2) is 42.5 Å². The van der Waals surface area contributed by atoms with E-state index in [9.17, 15) is 4.79 Å². The summed E-state index contributed by atoms with van der Waals surface area (Å²) < 4.78 is 5.25. The van der Waals surface area contributed by atoms with Gasteiger partial charge in [-0.15, -0.1) is 0 Å². The van der Waals surface area contributed by atoms with Crippen molar-refractivity contribution in [3.8, 4) is 5.75 Å². The number of carbonyl (C=O) groups excluding carboxylic acids is 1. The second-order valence-corrected chi connectivity index (χ2v) is 7.89. The highest BCUT2D eigenvalue weighted by Gasteiger charge is 2.19. The largest absolute Gasteiger partial charge is 0.497 e. The van der Waals surface area contributed by atoms with Crippen molar-refractivity contribution in [3.05, 3.63) is 65.9 Å². The third-order valence-electron chi connectivity index (χ3n) is 5.87. The molecule has 0 bridgehead atoms. The number of carbonyl (C=O) groups is 1. The maximum atomic E-state index is 12.5. The fourth-order valence-electron chi connectivity index (χ4n) is 4.12. The van der Waals surface area contributed by atoms with Crippen LogP contribution >= 0.6 is 0 Å². The summed E-state index contributed by atoms with van der Waals surface area (Å²) in [7, 11) is 1.65. The number of methoxy groups -OCH3 is 1. The number of ether oxygens (including phenoxy) is 1. The van der Waals surface area contributed by atoms with Crippen molar-refractivity contribution >= 4 is 16.8 Å². The van der Waals surface area contributed by atoms with Crippen LogP contribution in [-0.2, 0) is 6.54 Å². The summed E-state index contributed by atoms with van der Waals surface area (Å²) >= 11 is 0. The second-order valence-electron chi connectivity index (χ2n) is 7.89. The van der Waals surface area contributed by atoms with Crippen LogP contribution in [0.5, 0.6) is 5.75 Å². The van der Waals surface area contributed by atoms with Gasteiger partial charge in [-0.3, -0.25) is 9.69 Å². The molecule has 29 heavy (non-hydrogen) atoms. The lowest BCUT2D eigenvalue weighted by atomic mass is 9.93. The Morgan fingerprint density at radius 1 is 1.14 bits per heavy atom. The van der Waals surface area contributed by atoms with Crippen molar-refractivity contribution in [2.24, 2.45) is 5.92 Å². The van der Waals surface area contributed by atoms with E-state index in [0.717, 1.165) is 49.3 Å². The number of amides is 1. The van der Waals surface area contributed by atoms with Gasteiger partial charge in [-0.2, -0.15) is 0 Å². The van der Waals surface area contributed by atoms with Crippen molar-refractivity contribution in [1.82, 2.24) is 15.2 Å². The van der Waals surface area contributed by atoms with Gasteiger partial charge in [0.2, 0.25) is 0 Å². The van der Waals surface area contributed by atoms with Crippen molar-refractivity contribution in [2.75, 3.05) is 26.7 Å². The molecule has 2 aromatic carbocycles. The minimum Gasteiger partial charge on any atom is -0.497 e. The zero-order valence-electron chi connectivity index (χ0n) is 17.0. The number of fused-ring (bicyclic) bond motifs is 1. The predicted molar refractivity (Wildman–Crippen MR) is 116 cm³/mol. The number of H-pyrrole nitrogens is 1. The molecule has 0 saturated carbocycles. The summed E-state index contributed by atoms with van der Waals surface area (Å²) in [6.07, 6.45) is 3.45. The first-order valence-electron chi connectivity index (χ1n) is 10.4. The molecule has 1 aliphatic heterocycles. The zero-order valence-corrected chi connectivity index (χ0v) is 17.0. The Morgan fingerprint density at radius 2 is 1.93 bits per heavy atom. The van der Waals surface area contributed by atoms with E-state index in [0.29, 0.717) is 11.6 Å². The fourth-order valence-corrected chi connectivity index (χ4v) is 4.12. The highest BCUT2D eigenvalue weighted by atomic mass is 16.5. The Morgan fingerprint density at radius 3 is 2.69 bits per heavy atom. The van der Waals surface area contributed by atoms with Crippen LogP contribution in [0.25, 0.3) is 10.9 Å². The van der Waals surface area contributed by atoms with Crippen molar-refractivity contribution < 1.29 is 9.53 Å². The lowest BCUT2D eigenvalue weighted by molar-refractivity contribution is 0.0943. The van der Waals surface area contributed by atoms with E-state index in [4.69, 9.17) is 4.74 Å². The molecule has 5 nitrogen and oxygen atoms in total. The van der Waals surface area contributed by atoms with Crippen LogP contribution in [0, 0.1) is 5.92 Å². The molecule has 1 amide bonds. The number of rotatable bonds is 7. The molecule has 152 valence electrons. The molecule has 5 heteroatoms. The first-order valence-corrected chi connectivity index (χ1v) is 10.4. The number of likely N-dealkylation sites (tertiary alicyclic amines) is 1. The van der Waals surface area contributed by atoms with Gasteiger partial charge >= 0.3 is 0 Å². The number of hydrogen-bond acceptors (Lipinski definition) is 3. The average molecular weight is 392 g/mol. The highest BCUT2D eigenvalue weighted by molar-refractivity contribution is 5.98. The minimum absolute atomic E-state index is 0.0401. The standard InChI is InChI=1S/C24H29N3O2/c1-29-21-7-8-22-20(15-21)16-23(26-22)24(28)25-12-9-18-10-13-27(14-11-18)17-19-5-3-2-4-6-19/h2-8,15-16,18,26H,9-14,17H2,1H3,(H,25,28). The van der Waals surface area contributed by atoms with E-state index in [1.807, 2.05) is 24.3 Å². The Kier molecular flexibility index (Phi) is 6.15. The Bertz CT molecular complexity index is 943. The molecule has 1 saturated heterocycles. The summed E-state index contributed by atoms with van der Waals surface area (Å²) in [5.41, 5.74) is 2.93. The molecule has 0 atom stereocenters. The van der Waals surface area contributed by atoms with E-state index in [-0.39, 0.29) is 5.91 Å². The summed E-state index contributed by atoms with van der Waals surface area (Å²) in [5, 5.41) is 4.06. The maximum absolute atomic E-state index is 12.5. The molecule has 0 aliphatic carbocycles. The van der Waals surface area contributed by atoms with Crippen LogP contribution < -0.4 is 10.1 Å². The molecule has 1 aliphatic rings. The van der Waals surface area contributed by atoms with E-state index in [1.165, 1.54) is 18.4 Å². The van der Waals surface area contributed by atoms with Crippen LogP contribution in [0.3, 0.4) is 0 Å². The van der Waals surface area contributed by atoms with Gasteiger partial charge in [0.1, 0.15) is 11.4 Å². The smallest absolute Gasteiger partial charge is 0.267 e. The summed E-state index contributed by atoms with van der Waals surface area (Å²) in [6.45, 7) is 4.03. The van der Waals surface area contributed by atoms with Gasteiger partial charge in [-0.25, -0.2) is 0 Å². The lowest BCUT2D eigenvalue weighted by Crippen LogP contribution is -2.34. The normalized spacial score (nSPS) is 15.5. The maximum Gasteiger partial charge on any atom is 0.267 e. The van der Waals surface area contributed by atoms with Gasteiger partial charge < -0.3 is 15.0 Å². The zero-order chi connectivity index (χ0) is 20.1. The fraction of sp³-hybridized carbons (Fsp3) is 0.375. The van der Waals surface area contributed by atoms with Gasteiger partial charge in [0.25, 0.3) is 5.91 Å². The third kappa shape index (κ3) is 4.98. The van der Waals surface area contributed by atoms with Gasteiger partial charge in [0.05, 0.1) is 7.11 Å². The number of aromatic amines is 1. The summed E-state index contributed by atoms with van der Waals surface area (Å²) in [4.78, 5) is 18.2. The molecule has 3 aromatic rings. The molecule has 0 radical (unpaired) electrons. The van der Waals surface area contributed by atoms with E-state index in [2.05, 4.69) is 45.5 Å². The van der Waals surface area contributed by atoms with Crippen LogP contribution in [0.1, 0.15) is 35.3 Å². The van der Waals surface area contributed by atoms with Crippen LogP contribution in [0.15, 0.2) is 54.6 Å². The molecule has 0 spiro atoms. The third-order valence-corrected chi connectivity index (χ3v) is 5.87. The molecule has 1 aromatic heterocycles. The van der Waals surface area contributed by atoms with E-state index < -0.39 is 0 Å². The number of piperidine rings is 1. The second kappa shape index (κ2) is 9.14. The number of nitrogens with zero attached hydrogens (tertiary/aromatic N) is 1. The molecule has 1 fully saturated rings. The van der Waals surface area contributed by atoms with Crippen LogP contribution in [0.2, 0.25) is 0 Å². The monoisotopic (exact) mass is 391 g/mol. The molecule has 4 rings (SSSR count). The first-order chi connectivity index (χ1) is 14.2. The number of nitrogens with one attached hydrogen (secondary N) is 2. The van der Waals surface area contributed by atoms with Crippen molar-refractivity contribution in [1.29, 1.82) is 0 Å². The van der Waals surface area contributed by atoms with Gasteiger partial charge in [-0.05, 0) is 68.1 Å². The summed E-state index contributed by atoms with van der Waals surface area (Å²) in [6, 6.07) is 18.3. The van der Waals surface area contributed by atoms with E-state index >= 15 is 0 Å². The molecular formula is C24H29N3O2. The Hall–Kier alpha value is -2.79. The molecule has 0 unspecified atom stereocenters. The topological polar surface area (TPSA) is 57.4 Å². The minimum atomic E-state index is -0.0401. The predicted octanol–water partition coefficient (Wildman–Crippen LogP) is 4.21. The van der Waals surface area contributed by atoms with Gasteiger partial charge in [0.15, 0.2) is 0 Å². The molecule has 2 heterocycles. The number of hydrogen-bond donors (Lipinski definition) is 2. The summed E-state index contributed by atoms with van der Waals surface area (Å²) in [5.74, 6) is 1.44. The SMILES string of the molecule is COc1ccc2[nH]c(C(=O)NCCC3CCN(Cc4ccccc4)CC3)cc2c1. The Balaban J connectivity index is 1.21. The first kappa shape index (κ1) is 19.5. The number of benzene rings is 2. The van der Waals surface area contributed by atoms with Crippen molar-refractivity contribution in [3.63, 3.8) is 0 Å². The highest BCUT2D eigenvalue weighted by Crippen LogP contribution is 2.23. The van der Waals surface area contributed by atoms with Gasteiger partial charge in [0, 0.05) is 24.0 Å². The molecule has 2 N–H and O–H groups in total. The van der Waals surface area contributed by atoms with Crippen molar-refractivity contribution in [2.45, 2.75) is 25.8 Å². The quantitative estimate of drug-likeness (QED) is 0.634. The van der Waals surface area contributed by atoms with Crippen LogP contribution in [0.4, 0.5) is 0 Å². The van der Waals surface area contributed by atoms with Gasteiger partial charge in [-0.1, -0.05) is 30.3 Å². The molecular weight excluding hydrogens is 362 g/mol. The number of aromatic nitrogens is 1. The average Bonchev–Trinajstić information content (AvgIpc) is 3.19. The Labute approximate surface area is 172 Å².